The van der Waals surface area contributed by atoms with Crippen molar-refractivity contribution in [3.63, 3.8) is 0 Å². The maximum atomic E-state index is 11.6. The number of ether oxygens (including phenoxy) is 1. The second-order valence-corrected chi connectivity index (χ2v) is 10.6. The molecule has 160 valence electrons. The van der Waals surface area contributed by atoms with Gasteiger partial charge in [-0.1, -0.05) is 61.9 Å². The van der Waals surface area contributed by atoms with Crippen molar-refractivity contribution in [2.45, 2.75) is 50.1 Å². The minimum absolute atomic E-state index is 0.00168. The van der Waals surface area contributed by atoms with Crippen LogP contribution in [0, 0.1) is 0 Å². The van der Waals surface area contributed by atoms with Gasteiger partial charge in [0.1, 0.15) is 11.9 Å². The summed E-state index contributed by atoms with van der Waals surface area (Å²) < 4.78 is 50.0. The first-order valence-corrected chi connectivity index (χ1v) is 12.6. The summed E-state index contributed by atoms with van der Waals surface area (Å²) in [5, 5.41) is 0. The molecule has 0 spiro atoms. The van der Waals surface area contributed by atoms with E-state index in [4.69, 9.17) is 4.74 Å². The fourth-order valence-electron chi connectivity index (χ4n) is 3.09. The van der Waals surface area contributed by atoms with Gasteiger partial charge in [-0.3, -0.25) is 9.12 Å². The average Bonchev–Trinajstić information content (AvgIpc) is 2.65. The van der Waals surface area contributed by atoms with Crippen molar-refractivity contribution in [3.05, 3.63) is 65.7 Å². The highest BCUT2D eigenvalue weighted by atomic mass is 32.2. The summed E-state index contributed by atoms with van der Waals surface area (Å²) in [5.74, 6) is 0.648. The fourth-order valence-corrected chi connectivity index (χ4v) is 5.40. The first-order valence-electron chi connectivity index (χ1n) is 9.44. The molecule has 0 amide bonds. The predicted molar refractivity (Wildman–Crippen MR) is 111 cm³/mol. The SMILES string of the molecule is CCCCc1ccccc1OC(CCC(P(=O)(O)O)S(=O)(=O)O)c1ccccc1. The third kappa shape index (κ3) is 7.24. The number of para-hydroxylation sites is 1. The van der Waals surface area contributed by atoms with E-state index in [1.165, 1.54) is 0 Å². The molecule has 0 aliphatic heterocycles. The van der Waals surface area contributed by atoms with Gasteiger partial charge in [0.25, 0.3) is 10.1 Å². The Balaban J connectivity index is 2.29. The summed E-state index contributed by atoms with van der Waals surface area (Å²) in [6.45, 7) is 2.09. The molecule has 0 saturated carbocycles. The second-order valence-electron chi connectivity index (χ2n) is 6.86. The number of unbranched alkanes of at least 4 members (excludes halogenated alkanes) is 1. The highest BCUT2D eigenvalue weighted by Crippen LogP contribution is 2.47. The van der Waals surface area contributed by atoms with E-state index in [2.05, 4.69) is 6.92 Å². The molecule has 3 N–H and O–H groups in total. The Hall–Kier alpha value is -1.70. The van der Waals surface area contributed by atoms with Crippen LogP contribution in [0.3, 0.4) is 0 Å². The van der Waals surface area contributed by atoms with Gasteiger partial charge < -0.3 is 14.5 Å². The maximum absolute atomic E-state index is 11.6. The number of hydrogen-bond acceptors (Lipinski definition) is 4. The van der Waals surface area contributed by atoms with Gasteiger partial charge in [-0.2, -0.15) is 8.42 Å². The Bertz CT molecular complexity index is 925. The van der Waals surface area contributed by atoms with Crippen molar-refractivity contribution in [1.29, 1.82) is 0 Å². The molecule has 0 aliphatic rings. The van der Waals surface area contributed by atoms with Gasteiger partial charge >= 0.3 is 7.60 Å². The molecule has 0 saturated heterocycles. The van der Waals surface area contributed by atoms with Crippen LogP contribution in [0.1, 0.15) is 49.8 Å². The summed E-state index contributed by atoms with van der Waals surface area (Å²) in [5.41, 5.74) is 1.76. The zero-order chi connectivity index (χ0) is 21.5. The summed E-state index contributed by atoms with van der Waals surface area (Å²) in [7, 11) is -9.96. The summed E-state index contributed by atoms with van der Waals surface area (Å²) in [6.07, 6.45) is 1.76. The lowest BCUT2D eigenvalue weighted by molar-refractivity contribution is 0.189. The van der Waals surface area contributed by atoms with Gasteiger partial charge in [-0.15, -0.1) is 0 Å². The number of hydrogen-bond donors (Lipinski definition) is 3. The molecule has 0 radical (unpaired) electrons. The van der Waals surface area contributed by atoms with Crippen LogP contribution in [0.25, 0.3) is 0 Å². The molecular formula is C20H27O7PS. The smallest absolute Gasteiger partial charge is 0.346 e. The molecule has 0 aromatic heterocycles. The molecule has 0 bridgehead atoms. The second kappa shape index (κ2) is 10.4. The third-order valence-electron chi connectivity index (χ3n) is 4.61. The molecule has 0 heterocycles. The Morgan fingerprint density at radius 3 is 2.21 bits per heavy atom. The lowest BCUT2D eigenvalue weighted by Crippen LogP contribution is -2.22. The van der Waals surface area contributed by atoms with Crippen LogP contribution in [0.2, 0.25) is 0 Å². The average molecular weight is 442 g/mol. The van der Waals surface area contributed by atoms with Crippen molar-refractivity contribution in [2.24, 2.45) is 0 Å². The molecule has 29 heavy (non-hydrogen) atoms. The van der Waals surface area contributed by atoms with E-state index in [1.54, 1.807) is 24.3 Å². The third-order valence-corrected chi connectivity index (χ3v) is 8.16. The largest absolute Gasteiger partial charge is 0.485 e. The summed E-state index contributed by atoms with van der Waals surface area (Å²) >= 11 is 0. The van der Waals surface area contributed by atoms with Crippen LogP contribution in [0.15, 0.2) is 54.6 Å². The van der Waals surface area contributed by atoms with Crippen LogP contribution >= 0.6 is 7.60 Å². The minimum Gasteiger partial charge on any atom is -0.485 e. The lowest BCUT2D eigenvalue weighted by Gasteiger charge is -2.23. The Labute approximate surface area is 171 Å². The summed E-state index contributed by atoms with van der Waals surface area (Å²) in [6, 6.07) is 16.6. The van der Waals surface area contributed by atoms with Gasteiger partial charge in [-0.05, 0) is 42.9 Å². The van der Waals surface area contributed by atoms with Crippen LogP contribution in [-0.2, 0) is 21.1 Å². The van der Waals surface area contributed by atoms with Crippen LogP contribution in [0.5, 0.6) is 5.75 Å². The van der Waals surface area contributed by atoms with E-state index in [0.29, 0.717) is 5.75 Å². The molecule has 0 fully saturated rings. The quantitative estimate of drug-likeness (QED) is 0.350. The highest BCUT2D eigenvalue weighted by molar-refractivity contribution is 7.93. The Morgan fingerprint density at radius 1 is 1.00 bits per heavy atom. The predicted octanol–water partition coefficient (Wildman–Crippen LogP) is 4.32. The molecule has 7 nitrogen and oxygen atoms in total. The fraction of sp³-hybridized carbons (Fsp3) is 0.400. The monoisotopic (exact) mass is 442 g/mol. The molecule has 2 aromatic carbocycles. The molecule has 2 rings (SSSR count). The molecule has 0 aliphatic carbocycles. The van der Waals surface area contributed by atoms with Gasteiger partial charge in [0.05, 0.1) is 0 Å². The van der Waals surface area contributed by atoms with E-state index in [-0.39, 0.29) is 6.42 Å². The zero-order valence-electron chi connectivity index (χ0n) is 16.2. The zero-order valence-corrected chi connectivity index (χ0v) is 17.9. The van der Waals surface area contributed by atoms with Crippen LogP contribution in [-0.4, -0.2) is 27.7 Å². The molecule has 2 aromatic rings. The molecule has 2 atom stereocenters. The van der Waals surface area contributed by atoms with Gasteiger partial charge in [-0.25, -0.2) is 0 Å². The lowest BCUT2D eigenvalue weighted by atomic mass is 10.0. The van der Waals surface area contributed by atoms with E-state index >= 15 is 0 Å². The van der Waals surface area contributed by atoms with Gasteiger partial charge in [0.2, 0.25) is 0 Å². The Morgan fingerprint density at radius 2 is 1.62 bits per heavy atom. The van der Waals surface area contributed by atoms with E-state index in [1.807, 2.05) is 30.3 Å². The first-order chi connectivity index (χ1) is 13.6. The van der Waals surface area contributed by atoms with Crippen molar-refractivity contribution >= 4 is 17.7 Å². The number of aryl methyl sites for hydroxylation is 1. The molecular weight excluding hydrogens is 415 g/mol. The van der Waals surface area contributed by atoms with E-state index in [9.17, 15) is 27.3 Å². The van der Waals surface area contributed by atoms with Crippen LogP contribution < -0.4 is 4.74 Å². The van der Waals surface area contributed by atoms with Crippen molar-refractivity contribution in [1.82, 2.24) is 0 Å². The molecule has 2 unspecified atom stereocenters. The van der Waals surface area contributed by atoms with Crippen molar-refractivity contribution < 1.29 is 32.1 Å². The first kappa shape index (κ1) is 23.6. The Kier molecular flexibility index (Phi) is 8.43. The summed E-state index contributed by atoms with van der Waals surface area (Å²) in [4.78, 5) is 16.5. The minimum atomic E-state index is -5.05. The van der Waals surface area contributed by atoms with E-state index < -0.39 is 35.2 Å². The molecule has 9 heteroatoms. The number of benzene rings is 2. The van der Waals surface area contributed by atoms with Gasteiger partial charge in [0.15, 0.2) is 4.99 Å². The topological polar surface area (TPSA) is 121 Å². The standard InChI is InChI=1S/C20H27O7PS/c1-2-3-9-16-12-7-8-13-18(16)27-19(17-10-5-4-6-11-17)14-15-20(28(21,22)23)29(24,25)26/h4-8,10-13,19-20H,2-3,9,14-15H2,1H3,(H2,21,22,23)(H,24,25,26). The number of rotatable bonds is 11. The highest BCUT2D eigenvalue weighted by Gasteiger charge is 2.40. The van der Waals surface area contributed by atoms with Crippen molar-refractivity contribution in [3.8, 4) is 5.75 Å². The van der Waals surface area contributed by atoms with E-state index in [0.717, 1.165) is 30.4 Å². The van der Waals surface area contributed by atoms with Gasteiger partial charge in [0, 0.05) is 0 Å². The van der Waals surface area contributed by atoms with Crippen LogP contribution in [0.4, 0.5) is 0 Å². The normalized spacial score (nSPS) is 14.3. The maximum Gasteiger partial charge on any atom is 0.346 e. The van der Waals surface area contributed by atoms with Crippen molar-refractivity contribution in [2.75, 3.05) is 0 Å².